The summed E-state index contributed by atoms with van der Waals surface area (Å²) in [6.07, 6.45) is 1.56. The van der Waals surface area contributed by atoms with Crippen LogP contribution in [0.5, 0.6) is 23.3 Å². The predicted molar refractivity (Wildman–Crippen MR) is 145 cm³/mol. The minimum Gasteiger partial charge on any atom is -0.507 e. The fourth-order valence-electron chi connectivity index (χ4n) is 5.07. The summed E-state index contributed by atoms with van der Waals surface area (Å²) in [5.74, 6) is 1.86. The van der Waals surface area contributed by atoms with Crippen LogP contribution in [0.3, 0.4) is 0 Å². The molecule has 1 N–H and O–H groups in total. The number of fused-ring (bicyclic) bond motifs is 4. The van der Waals surface area contributed by atoms with Gasteiger partial charge in [0.2, 0.25) is 11.8 Å². The highest BCUT2D eigenvalue weighted by Gasteiger charge is 2.38. The fourth-order valence-corrected chi connectivity index (χ4v) is 5.25. The van der Waals surface area contributed by atoms with E-state index in [0.29, 0.717) is 33.8 Å². The molecule has 39 heavy (non-hydrogen) atoms. The Kier molecular flexibility index (Phi) is 5.27. The standard InChI is InChI=1S/C29H21ClN6O3/c1-16-23-24(17-10-12-20(38-2)13-11-17)25-27-32-26(21-8-3-4-9-22(21)37)34-35(27)15-31-28(25)39-29(23)36(33-16)19-7-5-6-18(30)14-19/h3-15,24,37H,1-2H3/t24-/m1/s1. The van der Waals surface area contributed by atoms with E-state index >= 15 is 0 Å². The molecule has 0 spiro atoms. The molecule has 0 amide bonds. The summed E-state index contributed by atoms with van der Waals surface area (Å²) in [6.45, 7) is 1.95. The third-order valence-corrected chi connectivity index (χ3v) is 7.10. The zero-order valence-corrected chi connectivity index (χ0v) is 21.7. The molecule has 0 saturated heterocycles. The van der Waals surface area contributed by atoms with Gasteiger partial charge in [-0.1, -0.05) is 41.9 Å². The summed E-state index contributed by atoms with van der Waals surface area (Å²) in [4.78, 5) is 9.48. The average molecular weight is 537 g/mol. The maximum atomic E-state index is 10.4. The number of benzene rings is 3. The lowest BCUT2D eigenvalue weighted by Gasteiger charge is -2.26. The fraction of sp³-hybridized carbons (Fsp3) is 0.103. The Bertz CT molecular complexity index is 1880. The zero-order valence-electron chi connectivity index (χ0n) is 20.9. The van der Waals surface area contributed by atoms with Crippen molar-refractivity contribution in [1.29, 1.82) is 0 Å². The van der Waals surface area contributed by atoms with Crippen molar-refractivity contribution in [2.75, 3.05) is 7.11 Å². The number of hydrogen-bond donors (Lipinski definition) is 1. The summed E-state index contributed by atoms with van der Waals surface area (Å²) in [7, 11) is 1.64. The largest absolute Gasteiger partial charge is 0.507 e. The number of aromatic nitrogens is 6. The topological polar surface area (TPSA) is 99.6 Å². The van der Waals surface area contributed by atoms with Gasteiger partial charge < -0.3 is 14.6 Å². The maximum Gasteiger partial charge on any atom is 0.230 e. The molecule has 0 bridgehead atoms. The summed E-state index contributed by atoms with van der Waals surface area (Å²) in [5.41, 5.74) is 5.27. The Hall–Kier alpha value is -4.89. The molecular formula is C29H21ClN6O3. The summed E-state index contributed by atoms with van der Waals surface area (Å²) in [6, 6.07) is 22.3. The Morgan fingerprint density at radius 2 is 1.79 bits per heavy atom. The van der Waals surface area contributed by atoms with E-state index in [0.717, 1.165) is 33.8 Å². The maximum absolute atomic E-state index is 10.4. The van der Waals surface area contributed by atoms with Crippen LogP contribution in [0.15, 0.2) is 79.1 Å². The molecule has 0 radical (unpaired) electrons. The number of aromatic hydroxyl groups is 1. The van der Waals surface area contributed by atoms with Gasteiger partial charge in [-0.05, 0) is 55.0 Å². The summed E-state index contributed by atoms with van der Waals surface area (Å²) in [5, 5.41) is 20.5. The normalized spacial score (nSPS) is 14.1. The zero-order chi connectivity index (χ0) is 26.7. The van der Waals surface area contributed by atoms with Crippen LogP contribution in [0.1, 0.15) is 28.3 Å². The summed E-state index contributed by atoms with van der Waals surface area (Å²) >= 11 is 6.31. The lowest BCUT2D eigenvalue weighted by Crippen LogP contribution is -2.16. The van der Waals surface area contributed by atoms with Crippen LogP contribution in [0.4, 0.5) is 0 Å². The molecule has 3 aromatic carbocycles. The molecule has 1 aliphatic heterocycles. The monoisotopic (exact) mass is 536 g/mol. The van der Waals surface area contributed by atoms with E-state index < -0.39 is 0 Å². The number of phenols is 1. The van der Waals surface area contributed by atoms with E-state index in [1.54, 1.807) is 40.8 Å². The smallest absolute Gasteiger partial charge is 0.230 e. The van der Waals surface area contributed by atoms with Gasteiger partial charge >= 0.3 is 0 Å². The number of rotatable bonds is 4. The second-order valence-electron chi connectivity index (χ2n) is 9.19. The number of phenolic OH excluding ortho intramolecular Hbond substituents is 1. The molecule has 0 unspecified atom stereocenters. The molecule has 10 heteroatoms. The van der Waals surface area contributed by atoms with Crippen molar-refractivity contribution in [3.63, 3.8) is 0 Å². The third kappa shape index (κ3) is 3.70. The van der Waals surface area contributed by atoms with E-state index in [4.69, 9.17) is 31.2 Å². The highest BCUT2D eigenvalue weighted by Crippen LogP contribution is 2.50. The predicted octanol–water partition coefficient (Wildman–Crippen LogP) is 5.94. The highest BCUT2D eigenvalue weighted by molar-refractivity contribution is 6.30. The molecule has 3 aromatic heterocycles. The van der Waals surface area contributed by atoms with Crippen LogP contribution in [-0.2, 0) is 0 Å². The van der Waals surface area contributed by atoms with Gasteiger partial charge in [-0.15, -0.1) is 5.10 Å². The van der Waals surface area contributed by atoms with E-state index in [1.807, 2.05) is 61.5 Å². The highest BCUT2D eigenvalue weighted by atomic mass is 35.5. The first kappa shape index (κ1) is 23.2. The van der Waals surface area contributed by atoms with Gasteiger partial charge in [0.05, 0.1) is 41.1 Å². The average Bonchev–Trinajstić information content (AvgIpc) is 3.53. The number of nitrogens with zero attached hydrogens (tertiary/aromatic N) is 6. The first-order valence-corrected chi connectivity index (χ1v) is 12.6. The first-order chi connectivity index (χ1) is 19.0. The molecule has 1 atom stereocenters. The van der Waals surface area contributed by atoms with E-state index in [9.17, 15) is 5.11 Å². The molecule has 0 aliphatic carbocycles. The SMILES string of the molecule is COc1ccc([C@@H]2c3c(C)nn(-c4cccc(Cl)c4)c3Oc3ncn4nc(-c5ccccc5O)nc4c32)cc1. The minimum atomic E-state index is -0.319. The van der Waals surface area contributed by atoms with Crippen molar-refractivity contribution in [2.24, 2.45) is 0 Å². The van der Waals surface area contributed by atoms with Gasteiger partial charge in [-0.25, -0.2) is 19.2 Å². The lowest BCUT2D eigenvalue weighted by atomic mass is 9.84. The second-order valence-corrected chi connectivity index (χ2v) is 9.62. The number of para-hydroxylation sites is 1. The van der Waals surface area contributed by atoms with E-state index in [2.05, 4.69) is 10.1 Å². The van der Waals surface area contributed by atoms with Crippen LogP contribution < -0.4 is 9.47 Å². The van der Waals surface area contributed by atoms with Gasteiger partial charge in [0.1, 0.15) is 17.8 Å². The quantitative estimate of drug-likeness (QED) is 0.297. The van der Waals surface area contributed by atoms with Crippen LogP contribution in [-0.4, -0.2) is 41.6 Å². The van der Waals surface area contributed by atoms with Crippen molar-refractivity contribution >= 4 is 17.2 Å². The molecule has 6 aromatic rings. The van der Waals surface area contributed by atoms with Crippen LogP contribution in [0, 0.1) is 6.92 Å². The first-order valence-electron chi connectivity index (χ1n) is 12.2. The second kappa shape index (κ2) is 8.85. The van der Waals surface area contributed by atoms with Crippen molar-refractivity contribution in [1.82, 2.24) is 29.4 Å². The van der Waals surface area contributed by atoms with Crippen molar-refractivity contribution in [2.45, 2.75) is 12.8 Å². The number of ether oxygens (including phenoxy) is 2. The Morgan fingerprint density at radius 3 is 2.56 bits per heavy atom. The minimum absolute atomic E-state index is 0.0964. The molecule has 0 saturated carbocycles. The van der Waals surface area contributed by atoms with Gasteiger partial charge in [0, 0.05) is 5.02 Å². The van der Waals surface area contributed by atoms with Crippen molar-refractivity contribution in [3.8, 4) is 40.3 Å². The molecule has 7 rings (SSSR count). The lowest BCUT2D eigenvalue weighted by molar-refractivity contribution is 0.402. The van der Waals surface area contributed by atoms with Gasteiger partial charge in [-0.2, -0.15) is 5.10 Å². The van der Waals surface area contributed by atoms with Crippen LogP contribution in [0.2, 0.25) is 5.02 Å². The number of hydrogen-bond acceptors (Lipinski definition) is 7. The van der Waals surface area contributed by atoms with Crippen LogP contribution >= 0.6 is 11.6 Å². The third-order valence-electron chi connectivity index (χ3n) is 6.87. The Balaban J connectivity index is 1.49. The van der Waals surface area contributed by atoms with E-state index in [1.165, 1.54) is 0 Å². The molecule has 9 nitrogen and oxygen atoms in total. The molecular weight excluding hydrogens is 516 g/mol. The molecule has 192 valence electrons. The Morgan fingerprint density at radius 1 is 0.974 bits per heavy atom. The number of aryl methyl sites for hydroxylation is 1. The van der Waals surface area contributed by atoms with Crippen LogP contribution in [0.25, 0.3) is 22.7 Å². The van der Waals surface area contributed by atoms with Gasteiger partial charge in [-0.3, -0.25) is 0 Å². The van der Waals surface area contributed by atoms with E-state index in [-0.39, 0.29) is 11.7 Å². The van der Waals surface area contributed by atoms with Gasteiger partial charge in [0.15, 0.2) is 11.5 Å². The Labute approximate surface area is 227 Å². The van der Waals surface area contributed by atoms with Crippen molar-refractivity contribution in [3.05, 3.63) is 107 Å². The van der Waals surface area contributed by atoms with Crippen molar-refractivity contribution < 1.29 is 14.6 Å². The summed E-state index contributed by atoms with van der Waals surface area (Å²) < 4.78 is 15.2. The molecule has 1 aliphatic rings. The number of methoxy groups -OCH3 is 1. The molecule has 0 fully saturated rings. The number of halogens is 1. The molecule has 4 heterocycles. The van der Waals surface area contributed by atoms with Gasteiger partial charge in [0.25, 0.3) is 0 Å².